The van der Waals surface area contributed by atoms with Crippen molar-refractivity contribution in [1.82, 2.24) is 15.6 Å². The highest BCUT2D eigenvalue weighted by molar-refractivity contribution is 7.81. The van der Waals surface area contributed by atoms with Gasteiger partial charge in [-0.15, -0.1) is 0 Å². The van der Waals surface area contributed by atoms with E-state index in [1.807, 2.05) is 6.07 Å². The van der Waals surface area contributed by atoms with Crippen molar-refractivity contribution < 1.29 is 19.0 Å². The van der Waals surface area contributed by atoms with Crippen LogP contribution in [-0.4, -0.2) is 48.9 Å². The lowest BCUT2D eigenvalue weighted by atomic mass is 10.1. The van der Waals surface area contributed by atoms with Crippen LogP contribution in [0.4, 0.5) is 5.69 Å². The fourth-order valence-electron chi connectivity index (χ4n) is 4.08. The number of methoxy groups -OCH3 is 1. The fraction of sp³-hybridized carbons (Fsp3) is 0.400. The van der Waals surface area contributed by atoms with Crippen molar-refractivity contribution in [1.29, 1.82) is 0 Å². The molecule has 10 heteroatoms. The van der Waals surface area contributed by atoms with Crippen molar-refractivity contribution >= 4 is 40.4 Å². The molecule has 0 unspecified atom stereocenters. The first kappa shape index (κ1) is 25.2. The molecule has 0 radical (unpaired) electrons. The predicted molar refractivity (Wildman–Crippen MR) is 139 cm³/mol. The van der Waals surface area contributed by atoms with Crippen LogP contribution in [0.15, 0.2) is 47.9 Å². The summed E-state index contributed by atoms with van der Waals surface area (Å²) in [7, 11) is 1.53. The number of ether oxygens (including phenoxy) is 3. The number of pyridine rings is 1. The number of rotatable bonds is 9. The number of nitrogens with one attached hydrogen (secondary N) is 3. The van der Waals surface area contributed by atoms with Gasteiger partial charge in [0.05, 0.1) is 35.7 Å². The zero-order chi connectivity index (χ0) is 24.6. The summed E-state index contributed by atoms with van der Waals surface area (Å²) in [6.07, 6.45) is 7.41. The van der Waals surface area contributed by atoms with Gasteiger partial charge in [0, 0.05) is 43.6 Å². The van der Waals surface area contributed by atoms with Gasteiger partial charge in [0.25, 0.3) is 5.91 Å². The van der Waals surface area contributed by atoms with Crippen LogP contribution in [0.1, 0.15) is 31.2 Å². The van der Waals surface area contributed by atoms with Crippen LogP contribution in [-0.2, 0) is 16.1 Å². The first-order valence-corrected chi connectivity index (χ1v) is 12.4. The fourth-order valence-corrected chi connectivity index (χ4v) is 4.65. The van der Waals surface area contributed by atoms with E-state index >= 15 is 0 Å². The summed E-state index contributed by atoms with van der Waals surface area (Å²) in [5.41, 5.74) is 2.67. The molecule has 1 saturated heterocycles. The molecule has 35 heavy (non-hydrogen) atoms. The quantitative estimate of drug-likeness (QED) is 0.431. The van der Waals surface area contributed by atoms with Crippen molar-refractivity contribution in [2.45, 2.75) is 38.3 Å². The summed E-state index contributed by atoms with van der Waals surface area (Å²) in [5.74, 6) is 0.919. The number of halogens is 1. The molecule has 0 bridgehead atoms. The predicted octanol–water partition coefficient (Wildman–Crippen LogP) is 3.99. The van der Waals surface area contributed by atoms with Crippen molar-refractivity contribution in [3.05, 3.63) is 58.5 Å². The highest BCUT2D eigenvalue weighted by Crippen LogP contribution is 2.33. The third-order valence-electron chi connectivity index (χ3n) is 5.90. The lowest BCUT2D eigenvalue weighted by molar-refractivity contribution is -0.117. The number of para-hydroxylation sites is 1. The third kappa shape index (κ3) is 6.42. The van der Waals surface area contributed by atoms with E-state index in [0.717, 1.165) is 37.1 Å². The van der Waals surface area contributed by atoms with Gasteiger partial charge in [-0.1, -0.05) is 29.9 Å². The molecule has 2 aliphatic heterocycles. The Labute approximate surface area is 215 Å². The number of thiocarbonyl (C=S) groups is 1. The van der Waals surface area contributed by atoms with Crippen LogP contribution in [0.2, 0.25) is 5.02 Å². The number of hydrogen-bond donors (Lipinski definition) is 3. The lowest BCUT2D eigenvalue weighted by Gasteiger charge is -2.24. The molecule has 2 aromatic rings. The molecule has 0 saturated carbocycles. The van der Waals surface area contributed by atoms with Gasteiger partial charge >= 0.3 is 0 Å². The van der Waals surface area contributed by atoms with E-state index in [0.29, 0.717) is 53.9 Å². The second-order valence-corrected chi connectivity index (χ2v) is 9.09. The van der Waals surface area contributed by atoms with E-state index in [-0.39, 0.29) is 17.0 Å². The maximum atomic E-state index is 12.8. The molecule has 4 rings (SSSR count). The van der Waals surface area contributed by atoms with E-state index in [1.165, 1.54) is 7.11 Å². The summed E-state index contributed by atoms with van der Waals surface area (Å²) in [6.45, 7) is 2.25. The Hall–Kier alpha value is -2.88. The van der Waals surface area contributed by atoms with Gasteiger partial charge in [-0.3, -0.25) is 9.78 Å². The molecule has 1 fully saturated rings. The molecule has 2 aliphatic rings. The smallest absolute Gasteiger partial charge is 0.256 e. The Bertz CT molecular complexity index is 1100. The minimum atomic E-state index is -0.238. The van der Waals surface area contributed by atoms with Gasteiger partial charge in [0.1, 0.15) is 17.3 Å². The molecule has 3 heterocycles. The number of carbonyl (C=O) groups excluding carboxylic acids is 1. The SMILES string of the molecule is COc1c(Cl)cccc1NC(=S)C1=C(NCc2ccncc2OC[C@@H]2CCCCO2)CCNC1=O. The minimum absolute atomic E-state index is 0.105. The minimum Gasteiger partial charge on any atom is -0.493 e. The van der Waals surface area contributed by atoms with Crippen molar-refractivity contribution in [3.63, 3.8) is 0 Å². The number of amides is 1. The first-order chi connectivity index (χ1) is 17.1. The summed E-state index contributed by atoms with van der Waals surface area (Å²) in [5, 5.41) is 9.83. The normalized spacial score (nSPS) is 18.0. The zero-order valence-electron chi connectivity index (χ0n) is 19.6. The molecular formula is C25H29ClN4O4S. The molecule has 1 atom stereocenters. The summed E-state index contributed by atoms with van der Waals surface area (Å²) in [4.78, 5) is 17.3. The van der Waals surface area contributed by atoms with E-state index in [1.54, 1.807) is 30.6 Å². The van der Waals surface area contributed by atoms with Crippen molar-refractivity contribution in [2.75, 3.05) is 32.2 Å². The summed E-state index contributed by atoms with van der Waals surface area (Å²) >= 11 is 11.8. The molecule has 0 aliphatic carbocycles. The number of anilines is 1. The van der Waals surface area contributed by atoms with Crippen LogP contribution < -0.4 is 25.4 Å². The van der Waals surface area contributed by atoms with Crippen LogP contribution >= 0.6 is 23.8 Å². The molecule has 0 spiro atoms. The molecule has 1 amide bonds. The topological polar surface area (TPSA) is 93.7 Å². The monoisotopic (exact) mass is 516 g/mol. The van der Waals surface area contributed by atoms with E-state index in [9.17, 15) is 4.79 Å². The molecule has 1 aromatic heterocycles. The summed E-state index contributed by atoms with van der Waals surface area (Å²) in [6, 6.07) is 7.21. The number of hydrogen-bond acceptors (Lipinski definition) is 7. The molecule has 186 valence electrons. The van der Waals surface area contributed by atoms with Crippen LogP contribution in [0.5, 0.6) is 11.5 Å². The number of carbonyl (C=O) groups is 1. The standard InChI is InChI=1S/C25H29ClN4O4S/c1-32-23-18(26)6-4-7-20(23)30-25(35)22-19(9-11-28-24(22)31)29-13-16-8-10-27-14-21(16)34-15-17-5-2-3-12-33-17/h4,6-8,10,14,17,29H,2-3,5,9,11-13,15H2,1H3,(H,28,31)(H,30,35)/t17-/m0/s1. The highest BCUT2D eigenvalue weighted by atomic mass is 35.5. The van der Waals surface area contributed by atoms with Crippen LogP contribution in [0.25, 0.3) is 0 Å². The number of benzene rings is 1. The van der Waals surface area contributed by atoms with Crippen molar-refractivity contribution in [3.8, 4) is 11.5 Å². The molecule has 3 N–H and O–H groups in total. The Morgan fingerprint density at radius 2 is 2.23 bits per heavy atom. The zero-order valence-corrected chi connectivity index (χ0v) is 21.1. The van der Waals surface area contributed by atoms with Gasteiger partial charge in [0.2, 0.25) is 0 Å². The maximum Gasteiger partial charge on any atom is 0.256 e. The molecule has 8 nitrogen and oxygen atoms in total. The second kappa shape index (κ2) is 12.2. The largest absolute Gasteiger partial charge is 0.493 e. The van der Waals surface area contributed by atoms with E-state index in [2.05, 4.69) is 20.9 Å². The van der Waals surface area contributed by atoms with Gasteiger partial charge in [0.15, 0.2) is 5.75 Å². The lowest BCUT2D eigenvalue weighted by Crippen LogP contribution is -2.39. The number of aromatic nitrogens is 1. The van der Waals surface area contributed by atoms with Crippen LogP contribution in [0, 0.1) is 0 Å². The summed E-state index contributed by atoms with van der Waals surface area (Å²) < 4.78 is 17.2. The van der Waals surface area contributed by atoms with Gasteiger partial charge in [-0.25, -0.2) is 0 Å². The Morgan fingerprint density at radius 1 is 1.34 bits per heavy atom. The van der Waals surface area contributed by atoms with Crippen LogP contribution in [0.3, 0.4) is 0 Å². The van der Waals surface area contributed by atoms with E-state index in [4.69, 9.17) is 38.0 Å². The Balaban J connectivity index is 1.48. The van der Waals surface area contributed by atoms with Crippen molar-refractivity contribution in [2.24, 2.45) is 0 Å². The highest BCUT2D eigenvalue weighted by Gasteiger charge is 2.25. The third-order valence-corrected chi connectivity index (χ3v) is 6.50. The molecule has 1 aromatic carbocycles. The first-order valence-electron chi connectivity index (χ1n) is 11.6. The molecular weight excluding hydrogens is 488 g/mol. The number of nitrogens with zero attached hydrogens (tertiary/aromatic N) is 1. The van der Waals surface area contributed by atoms with Gasteiger partial charge in [-0.05, 0) is 37.5 Å². The van der Waals surface area contributed by atoms with Gasteiger partial charge in [-0.2, -0.15) is 0 Å². The second-order valence-electron chi connectivity index (χ2n) is 8.27. The van der Waals surface area contributed by atoms with E-state index < -0.39 is 0 Å². The Kier molecular flexibility index (Phi) is 8.79. The average molecular weight is 517 g/mol. The Morgan fingerprint density at radius 3 is 3.03 bits per heavy atom. The van der Waals surface area contributed by atoms with Gasteiger partial charge < -0.3 is 30.2 Å². The average Bonchev–Trinajstić information content (AvgIpc) is 2.87. The maximum absolute atomic E-state index is 12.8.